The highest BCUT2D eigenvalue weighted by Gasteiger charge is 2.14. The lowest BCUT2D eigenvalue weighted by molar-refractivity contribution is 0.415. The third-order valence-electron chi connectivity index (χ3n) is 3.01. The van der Waals surface area contributed by atoms with Crippen LogP contribution in [0.1, 0.15) is 11.5 Å². The first-order valence-electron chi connectivity index (χ1n) is 5.64. The summed E-state index contributed by atoms with van der Waals surface area (Å²) in [6.07, 6.45) is 0. The predicted molar refractivity (Wildman–Crippen MR) is 72.8 cm³/mol. The van der Waals surface area contributed by atoms with Crippen LogP contribution in [0.4, 0.5) is 0 Å². The van der Waals surface area contributed by atoms with Gasteiger partial charge in [0.15, 0.2) is 0 Å². The molecule has 96 valence electrons. The number of imidazole rings is 1. The van der Waals surface area contributed by atoms with Gasteiger partial charge in [-0.1, -0.05) is 11.6 Å². The number of benzene rings is 1. The fraction of sp³-hybridized carbons (Fsp3) is 0.308. The van der Waals surface area contributed by atoms with Crippen LogP contribution in [0.2, 0.25) is 5.02 Å². The summed E-state index contributed by atoms with van der Waals surface area (Å²) in [5.41, 5.74) is 8.59. The highest BCUT2D eigenvalue weighted by atomic mass is 35.5. The van der Waals surface area contributed by atoms with Crippen LogP contribution in [0.3, 0.4) is 0 Å². The molecular weight excluding hydrogens is 250 g/mol. The molecule has 0 atom stereocenters. The van der Waals surface area contributed by atoms with Gasteiger partial charge in [0.1, 0.15) is 11.6 Å². The molecule has 2 N–H and O–H groups in total. The number of methoxy groups -OCH3 is 1. The molecule has 1 aromatic carbocycles. The van der Waals surface area contributed by atoms with Gasteiger partial charge in [-0.3, -0.25) is 0 Å². The van der Waals surface area contributed by atoms with E-state index >= 15 is 0 Å². The summed E-state index contributed by atoms with van der Waals surface area (Å²) >= 11 is 6.15. The maximum absolute atomic E-state index is 6.15. The summed E-state index contributed by atoms with van der Waals surface area (Å²) < 4.78 is 7.16. The van der Waals surface area contributed by atoms with E-state index in [2.05, 4.69) is 4.98 Å². The summed E-state index contributed by atoms with van der Waals surface area (Å²) in [5, 5.41) is 0.580. The van der Waals surface area contributed by atoms with Crippen LogP contribution in [0.5, 0.6) is 5.75 Å². The zero-order valence-electron chi connectivity index (χ0n) is 10.7. The van der Waals surface area contributed by atoms with Gasteiger partial charge < -0.3 is 15.0 Å². The number of halogens is 1. The maximum atomic E-state index is 6.15. The summed E-state index contributed by atoms with van der Waals surface area (Å²) in [6.45, 7) is 2.36. The summed E-state index contributed by atoms with van der Waals surface area (Å²) in [6, 6.07) is 5.68. The minimum Gasteiger partial charge on any atom is -0.495 e. The molecule has 0 unspecified atom stereocenters. The van der Waals surface area contributed by atoms with Crippen molar-refractivity contribution >= 4 is 11.6 Å². The van der Waals surface area contributed by atoms with Crippen molar-refractivity contribution in [3.05, 3.63) is 34.7 Å². The number of ether oxygens (including phenoxy) is 1. The molecule has 2 aromatic rings. The molecule has 0 saturated heterocycles. The standard InChI is InChI=1S/C13H16ClN3O/c1-8-16-11(7-15)13(17(8)2)9-4-5-12(18-3)10(14)6-9/h4-6H,7,15H2,1-3H3. The SMILES string of the molecule is COc1ccc(-c2c(CN)nc(C)n2C)cc1Cl. The Balaban J connectivity index is 2.58. The molecule has 0 spiro atoms. The number of aryl methyl sites for hydroxylation is 1. The first kappa shape index (κ1) is 12.9. The number of aromatic nitrogens is 2. The lowest BCUT2D eigenvalue weighted by Crippen LogP contribution is -2.01. The van der Waals surface area contributed by atoms with Crippen molar-refractivity contribution in [1.82, 2.24) is 9.55 Å². The van der Waals surface area contributed by atoms with Crippen LogP contribution >= 0.6 is 11.6 Å². The van der Waals surface area contributed by atoms with Gasteiger partial charge in [0.25, 0.3) is 0 Å². The lowest BCUT2D eigenvalue weighted by Gasteiger charge is -2.09. The largest absolute Gasteiger partial charge is 0.495 e. The topological polar surface area (TPSA) is 53.1 Å². The van der Waals surface area contributed by atoms with E-state index < -0.39 is 0 Å². The zero-order valence-corrected chi connectivity index (χ0v) is 11.5. The van der Waals surface area contributed by atoms with Crippen LogP contribution in [0, 0.1) is 6.92 Å². The van der Waals surface area contributed by atoms with Crippen molar-refractivity contribution < 1.29 is 4.74 Å². The van der Waals surface area contributed by atoms with Gasteiger partial charge in [-0.25, -0.2) is 4.98 Å². The van der Waals surface area contributed by atoms with Crippen LogP contribution in [-0.4, -0.2) is 16.7 Å². The van der Waals surface area contributed by atoms with Gasteiger partial charge in [-0.2, -0.15) is 0 Å². The van der Waals surface area contributed by atoms with E-state index in [1.807, 2.05) is 36.7 Å². The van der Waals surface area contributed by atoms with Crippen molar-refractivity contribution in [1.29, 1.82) is 0 Å². The zero-order chi connectivity index (χ0) is 13.3. The van der Waals surface area contributed by atoms with Gasteiger partial charge in [0.05, 0.1) is 23.5 Å². The normalized spacial score (nSPS) is 10.7. The second kappa shape index (κ2) is 5.00. The predicted octanol–water partition coefficient (Wildman–Crippen LogP) is 2.52. The Bertz CT molecular complexity index is 578. The Morgan fingerprint density at radius 3 is 2.72 bits per heavy atom. The van der Waals surface area contributed by atoms with E-state index in [0.29, 0.717) is 17.3 Å². The molecule has 0 saturated carbocycles. The Labute approximate surface area is 111 Å². The molecule has 0 radical (unpaired) electrons. The van der Waals surface area contributed by atoms with Gasteiger partial charge in [0, 0.05) is 19.2 Å². The smallest absolute Gasteiger partial charge is 0.137 e. The summed E-state index contributed by atoms with van der Waals surface area (Å²) in [7, 11) is 3.56. The molecular formula is C13H16ClN3O. The molecule has 1 aromatic heterocycles. The van der Waals surface area contributed by atoms with Crippen LogP contribution in [0.15, 0.2) is 18.2 Å². The third-order valence-corrected chi connectivity index (χ3v) is 3.30. The minimum atomic E-state index is 0.403. The first-order chi connectivity index (χ1) is 8.58. The monoisotopic (exact) mass is 265 g/mol. The van der Waals surface area contributed by atoms with Gasteiger partial charge in [-0.15, -0.1) is 0 Å². The second-order valence-corrected chi connectivity index (χ2v) is 4.47. The average molecular weight is 266 g/mol. The van der Waals surface area contributed by atoms with Crippen LogP contribution < -0.4 is 10.5 Å². The summed E-state index contributed by atoms with van der Waals surface area (Å²) in [4.78, 5) is 4.44. The molecule has 0 aliphatic carbocycles. The molecule has 0 aliphatic heterocycles. The Morgan fingerprint density at radius 1 is 1.44 bits per heavy atom. The van der Waals surface area contributed by atoms with E-state index in [1.54, 1.807) is 7.11 Å². The van der Waals surface area contributed by atoms with Crippen molar-refractivity contribution in [3.8, 4) is 17.0 Å². The highest BCUT2D eigenvalue weighted by molar-refractivity contribution is 6.32. The molecule has 18 heavy (non-hydrogen) atoms. The number of nitrogens with two attached hydrogens (primary N) is 1. The fourth-order valence-electron chi connectivity index (χ4n) is 1.99. The lowest BCUT2D eigenvalue weighted by atomic mass is 10.1. The van der Waals surface area contributed by atoms with Crippen LogP contribution in [0.25, 0.3) is 11.3 Å². The first-order valence-corrected chi connectivity index (χ1v) is 6.02. The van der Waals surface area contributed by atoms with E-state index in [4.69, 9.17) is 22.1 Å². The Hall–Kier alpha value is -1.52. The Morgan fingerprint density at radius 2 is 2.17 bits per heavy atom. The molecule has 5 heteroatoms. The van der Waals surface area contributed by atoms with Crippen molar-refractivity contribution in [3.63, 3.8) is 0 Å². The van der Waals surface area contributed by atoms with Gasteiger partial charge in [0.2, 0.25) is 0 Å². The average Bonchev–Trinajstić information content (AvgIpc) is 2.65. The molecule has 0 aliphatic rings. The van der Waals surface area contributed by atoms with E-state index in [0.717, 1.165) is 22.8 Å². The number of hydrogen-bond donors (Lipinski definition) is 1. The van der Waals surface area contributed by atoms with Crippen molar-refractivity contribution in [2.75, 3.05) is 7.11 Å². The van der Waals surface area contributed by atoms with E-state index in [1.165, 1.54) is 0 Å². The minimum absolute atomic E-state index is 0.403. The van der Waals surface area contributed by atoms with Gasteiger partial charge >= 0.3 is 0 Å². The number of hydrogen-bond acceptors (Lipinski definition) is 3. The molecule has 0 amide bonds. The quantitative estimate of drug-likeness (QED) is 0.928. The fourth-order valence-corrected chi connectivity index (χ4v) is 2.25. The molecule has 2 rings (SSSR count). The molecule has 0 fully saturated rings. The van der Waals surface area contributed by atoms with E-state index in [-0.39, 0.29) is 0 Å². The molecule has 0 bridgehead atoms. The second-order valence-electron chi connectivity index (χ2n) is 4.07. The maximum Gasteiger partial charge on any atom is 0.137 e. The van der Waals surface area contributed by atoms with Gasteiger partial charge in [-0.05, 0) is 25.1 Å². The molecule has 4 nitrogen and oxygen atoms in total. The van der Waals surface area contributed by atoms with E-state index in [9.17, 15) is 0 Å². The highest BCUT2D eigenvalue weighted by Crippen LogP contribution is 2.31. The van der Waals surface area contributed by atoms with Crippen LogP contribution in [-0.2, 0) is 13.6 Å². The molecule has 1 heterocycles. The third kappa shape index (κ3) is 2.09. The summed E-state index contributed by atoms with van der Waals surface area (Å²) in [5.74, 6) is 1.59. The van der Waals surface area contributed by atoms with Crippen molar-refractivity contribution in [2.45, 2.75) is 13.5 Å². The Kier molecular flexibility index (Phi) is 3.59. The number of rotatable bonds is 3. The number of nitrogens with zero attached hydrogens (tertiary/aromatic N) is 2. The van der Waals surface area contributed by atoms with Crippen molar-refractivity contribution in [2.24, 2.45) is 12.8 Å².